The number of esters is 1. The maximum Gasteiger partial charge on any atom is 0.302 e. The Morgan fingerprint density at radius 3 is 2.74 bits per heavy atom. The predicted molar refractivity (Wildman–Crippen MR) is 170 cm³/mol. The van der Waals surface area contributed by atoms with Gasteiger partial charge in [-0.1, -0.05) is 24.5 Å². The van der Waals surface area contributed by atoms with Gasteiger partial charge < -0.3 is 34.3 Å². The number of aromatic nitrogens is 1. The lowest BCUT2D eigenvalue weighted by Crippen LogP contribution is -2.39. The standard InChI is InChI=1S/C37H41NO8/c1-23(39)44-29-20-33(27-9-4-8-26-7-2-3-10-32(26)45-35-17-25(16-27)11-12-30(35)40)46-34(21-29)28-18-31(41)37(42)36(19-28)43-15-13-24-6-5-14-38-22-24/h5-6,11-12,14,17-19,22,26-27,29,32-34,40-42H,2-3,7,9-10,13,15-16,20-21H2,1H3. The zero-order valence-electron chi connectivity index (χ0n) is 26.1. The van der Waals surface area contributed by atoms with Crippen LogP contribution in [0.1, 0.15) is 74.7 Å². The van der Waals surface area contributed by atoms with Gasteiger partial charge in [0.2, 0.25) is 5.75 Å². The van der Waals surface area contributed by atoms with Gasteiger partial charge in [-0.05, 0) is 72.7 Å². The number of phenolic OH excluding ortho intramolecular Hbond substituents is 3. The van der Waals surface area contributed by atoms with E-state index < -0.39 is 12.2 Å². The second kappa shape index (κ2) is 14.3. The number of phenols is 3. The number of rotatable bonds is 7. The van der Waals surface area contributed by atoms with E-state index in [4.69, 9.17) is 18.9 Å². The summed E-state index contributed by atoms with van der Waals surface area (Å²) < 4.78 is 24.7. The molecular weight excluding hydrogens is 586 g/mol. The number of hydrogen-bond donors (Lipinski definition) is 3. The second-order valence-corrected chi connectivity index (χ2v) is 12.6. The number of aromatic hydroxyl groups is 3. The molecule has 242 valence electrons. The maximum atomic E-state index is 12.1. The molecule has 1 saturated carbocycles. The molecule has 9 heteroatoms. The van der Waals surface area contributed by atoms with E-state index in [0.717, 1.165) is 36.8 Å². The molecule has 3 heterocycles. The van der Waals surface area contributed by atoms with Crippen molar-refractivity contribution in [2.24, 2.45) is 11.8 Å². The smallest absolute Gasteiger partial charge is 0.302 e. The Morgan fingerprint density at radius 2 is 1.91 bits per heavy atom. The highest BCUT2D eigenvalue weighted by atomic mass is 16.6. The summed E-state index contributed by atoms with van der Waals surface area (Å²) >= 11 is 0. The average molecular weight is 628 g/mol. The molecule has 2 aromatic carbocycles. The van der Waals surface area contributed by atoms with Crippen LogP contribution in [0, 0.1) is 23.7 Å². The summed E-state index contributed by atoms with van der Waals surface area (Å²) in [5.41, 5.74) is 2.60. The minimum atomic E-state index is -0.539. The number of benzene rings is 2. The molecule has 2 aliphatic heterocycles. The van der Waals surface area contributed by atoms with Gasteiger partial charge in [-0.2, -0.15) is 0 Å². The zero-order chi connectivity index (χ0) is 32.0. The summed E-state index contributed by atoms with van der Waals surface area (Å²) in [5, 5.41) is 31.9. The predicted octanol–water partition coefficient (Wildman–Crippen LogP) is 6.18. The molecule has 1 aliphatic carbocycles. The largest absolute Gasteiger partial charge is 0.504 e. The molecule has 1 saturated heterocycles. The molecule has 0 spiro atoms. The minimum Gasteiger partial charge on any atom is -0.504 e. The van der Waals surface area contributed by atoms with Crippen molar-refractivity contribution in [2.45, 2.75) is 89.1 Å². The van der Waals surface area contributed by atoms with Crippen molar-refractivity contribution in [3.05, 3.63) is 71.5 Å². The Labute approximate surface area is 269 Å². The van der Waals surface area contributed by atoms with Crippen LogP contribution in [0.15, 0.2) is 54.9 Å². The first-order valence-electron chi connectivity index (χ1n) is 16.2. The van der Waals surface area contributed by atoms with Gasteiger partial charge in [-0.3, -0.25) is 9.78 Å². The van der Waals surface area contributed by atoms with Crippen molar-refractivity contribution in [1.82, 2.24) is 4.98 Å². The molecule has 46 heavy (non-hydrogen) atoms. The van der Waals surface area contributed by atoms with Gasteiger partial charge in [-0.15, -0.1) is 5.92 Å². The van der Waals surface area contributed by atoms with Gasteiger partial charge in [0.25, 0.3) is 0 Å². The Kier molecular flexibility index (Phi) is 9.84. The third-order valence-electron chi connectivity index (χ3n) is 9.14. The summed E-state index contributed by atoms with van der Waals surface area (Å²) in [5.74, 6) is 6.67. The second-order valence-electron chi connectivity index (χ2n) is 12.6. The summed E-state index contributed by atoms with van der Waals surface area (Å²) in [7, 11) is 0. The van der Waals surface area contributed by atoms with E-state index in [1.165, 1.54) is 13.0 Å². The first kappa shape index (κ1) is 31.6. The first-order valence-corrected chi connectivity index (χ1v) is 16.2. The van der Waals surface area contributed by atoms with Crippen LogP contribution in [-0.4, -0.2) is 51.2 Å². The lowest BCUT2D eigenvalue weighted by molar-refractivity contribution is -0.164. The number of carbonyl (C=O) groups excluding carboxylic acids is 1. The molecule has 6 atom stereocenters. The highest BCUT2D eigenvalue weighted by molar-refractivity contribution is 5.66. The van der Waals surface area contributed by atoms with Crippen molar-refractivity contribution in [1.29, 1.82) is 0 Å². The van der Waals surface area contributed by atoms with Crippen LogP contribution >= 0.6 is 0 Å². The summed E-state index contributed by atoms with van der Waals surface area (Å²) in [6, 6.07) is 12.4. The topological polar surface area (TPSA) is 128 Å². The van der Waals surface area contributed by atoms with Crippen LogP contribution < -0.4 is 9.47 Å². The van der Waals surface area contributed by atoms with Crippen LogP contribution in [0.4, 0.5) is 0 Å². The highest BCUT2D eigenvalue weighted by Crippen LogP contribution is 2.44. The average Bonchev–Trinajstić information content (AvgIpc) is 3.07. The first-order chi connectivity index (χ1) is 22.3. The molecule has 2 fully saturated rings. The van der Waals surface area contributed by atoms with Crippen LogP contribution in [-0.2, 0) is 27.1 Å². The normalized spacial score (nSPS) is 25.8. The Balaban J connectivity index is 1.26. The zero-order valence-corrected chi connectivity index (χ0v) is 26.1. The molecule has 3 aliphatic rings. The van der Waals surface area contributed by atoms with Crippen LogP contribution in [0.25, 0.3) is 0 Å². The SMILES string of the molecule is CC(=O)OC1CC(c2cc(O)c(O)c(OCCc3cccnc3)c2)OC(C2CC#CC3CCCCC3Oc3cc(ccc3O)C2)C1. The van der Waals surface area contributed by atoms with Gasteiger partial charge in [0, 0.05) is 50.9 Å². The van der Waals surface area contributed by atoms with Gasteiger partial charge in [0.1, 0.15) is 12.2 Å². The molecular formula is C37H41NO8. The number of nitrogens with zero attached hydrogens (tertiary/aromatic N) is 1. The number of carbonyl (C=O) groups is 1. The Morgan fingerprint density at radius 1 is 1.04 bits per heavy atom. The summed E-state index contributed by atoms with van der Waals surface area (Å²) in [4.78, 5) is 16.2. The van der Waals surface area contributed by atoms with Gasteiger partial charge in [0.15, 0.2) is 23.0 Å². The minimum absolute atomic E-state index is 0.0493. The maximum absolute atomic E-state index is 12.1. The molecule has 3 N–H and O–H groups in total. The van der Waals surface area contributed by atoms with Crippen LogP contribution in [0.3, 0.4) is 0 Å². The van der Waals surface area contributed by atoms with Crippen molar-refractivity contribution in [2.75, 3.05) is 6.61 Å². The monoisotopic (exact) mass is 627 g/mol. The Bertz CT molecular complexity index is 1580. The van der Waals surface area contributed by atoms with E-state index in [2.05, 4.69) is 16.8 Å². The molecule has 6 unspecified atom stereocenters. The number of fused-ring (bicyclic) bond motifs is 3. The van der Waals surface area contributed by atoms with Crippen LogP contribution in [0.5, 0.6) is 28.7 Å². The fourth-order valence-corrected chi connectivity index (χ4v) is 6.80. The van der Waals surface area contributed by atoms with Crippen molar-refractivity contribution in [3.8, 4) is 40.6 Å². The lowest BCUT2D eigenvalue weighted by Gasteiger charge is -2.39. The Hall–Kier alpha value is -4.42. The molecule has 9 nitrogen and oxygen atoms in total. The summed E-state index contributed by atoms with van der Waals surface area (Å²) in [6.07, 6.45) is 8.78. The van der Waals surface area contributed by atoms with Crippen molar-refractivity contribution >= 4 is 5.97 Å². The quantitative estimate of drug-likeness (QED) is 0.160. The summed E-state index contributed by atoms with van der Waals surface area (Å²) in [6.45, 7) is 1.67. The molecule has 6 rings (SSSR count). The van der Waals surface area contributed by atoms with E-state index in [1.54, 1.807) is 24.5 Å². The third kappa shape index (κ3) is 7.68. The highest BCUT2D eigenvalue weighted by Gasteiger charge is 2.37. The molecule has 0 radical (unpaired) electrons. The van der Waals surface area contributed by atoms with E-state index in [1.807, 2.05) is 24.3 Å². The number of pyridine rings is 1. The molecule has 2 bridgehead atoms. The van der Waals surface area contributed by atoms with E-state index in [0.29, 0.717) is 43.4 Å². The van der Waals surface area contributed by atoms with Crippen molar-refractivity contribution < 1.29 is 39.1 Å². The van der Waals surface area contributed by atoms with Crippen LogP contribution in [0.2, 0.25) is 0 Å². The fraction of sp³-hybridized carbons (Fsp3) is 0.459. The van der Waals surface area contributed by atoms with Gasteiger partial charge in [-0.25, -0.2) is 0 Å². The van der Waals surface area contributed by atoms with E-state index >= 15 is 0 Å². The number of ether oxygens (including phenoxy) is 4. The van der Waals surface area contributed by atoms with E-state index in [9.17, 15) is 20.1 Å². The molecule has 3 aromatic rings. The molecule has 0 amide bonds. The fourth-order valence-electron chi connectivity index (χ4n) is 6.80. The van der Waals surface area contributed by atoms with E-state index in [-0.39, 0.29) is 59.6 Å². The molecule has 1 aromatic heterocycles. The third-order valence-corrected chi connectivity index (χ3v) is 9.14. The number of hydrogen-bond acceptors (Lipinski definition) is 9. The van der Waals surface area contributed by atoms with Gasteiger partial charge >= 0.3 is 5.97 Å². The lowest BCUT2D eigenvalue weighted by atomic mass is 9.84. The van der Waals surface area contributed by atoms with Crippen molar-refractivity contribution in [3.63, 3.8) is 0 Å². The van der Waals surface area contributed by atoms with Gasteiger partial charge in [0.05, 0.1) is 24.7 Å².